The van der Waals surface area contributed by atoms with Crippen LogP contribution in [-0.4, -0.2) is 96.9 Å². The number of hydrogen-bond donors (Lipinski definition) is 5. The molecule has 1 aliphatic carbocycles. The van der Waals surface area contributed by atoms with E-state index in [2.05, 4.69) is 32.8 Å². The Morgan fingerprint density at radius 3 is 2.06 bits per heavy atom. The highest BCUT2D eigenvalue weighted by Crippen LogP contribution is 2.35. The minimum absolute atomic E-state index is 0.0127. The van der Waals surface area contributed by atoms with Crippen molar-refractivity contribution in [2.24, 2.45) is 11.8 Å². The first-order valence-corrected chi connectivity index (χ1v) is 21.4. The zero-order chi connectivity index (χ0) is 49.7. The Labute approximate surface area is 388 Å². The number of amidine groups is 1. The van der Waals surface area contributed by atoms with E-state index >= 15 is 0 Å². The Morgan fingerprint density at radius 1 is 0.821 bits per heavy atom. The van der Waals surface area contributed by atoms with Crippen molar-refractivity contribution in [2.45, 2.75) is 105 Å². The molecule has 20 heteroatoms. The lowest BCUT2D eigenvalue weighted by atomic mass is 9.94. The van der Waals surface area contributed by atoms with E-state index < -0.39 is 84.2 Å². The molecule has 1 aromatic heterocycles. The predicted molar refractivity (Wildman–Crippen MR) is 243 cm³/mol. The number of hydrogen-bond acceptors (Lipinski definition) is 16. The number of benzene rings is 2. The molecule has 1 aliphatic rings. The van der Waals surface area contributed by atoms with Gasteiger partial charge in [0.05, 0.1) is 13.2 Å². The van der Waals surface area contributed by atoms with Crippen LogP contribution < -0.4 is 26.0 Å². The molecule has 360 valence electrons. The van der Waals surface area contributed by atoms with Crippen LogP contribution in [0.25, 0.3) is 17.2 Å². The molecular weight excluding hydrogens is 873 g/mol. The highest BCUT2D eigenvalue weighted by molar-refractivity contribution is 6.11. The fraction of sp³-hybridized carbons (Fsp3) is 0.426. The summed E-state index contributed by atoms with van der Waals surface area (Å²) in [6, 6.07) is 10.5. The van der Waals surface area contributed by atoms with E-state index in [0.717, 1.165) is 12.8 Å². The van der Waals surface area contributed by atoms with Gasteiger partial charge >= 0.3 is 30.3 Å². The van der Waals surface area contributed by atoms with Gasteiger partial charge in [-0.15, -0.1) is 0 Å². The normalized spacial score (nSPS) is 13.4. The third kappa shape index (κ3) is 15.9. The number of carbonyl (C=O) groups excluding carboxylic acids is 7. The van der Waals surface area contributed by atoms with Gasteiger partial charge in [-0.05, 0) is 108 Å². The molecule has 0 bridgehead atoms. The maximum Gasteiger partial charge on any atom is 0.511 e. The van der Waals surface area contributed by atoms with E-state index in [0.29, 0.717) is 18.0 Å². The van der Waals surface area contributed by atoms with Crippen LogP contribution in [0, 0.1) is 17.2 Å². The number of carbonyl (C=O) groups is 7. The van der Waals surface area contributed by atoms with Crippen molar-refractivity contribution >= 4 is 59.7 Å². The molecule has 1 heterocycles. The van der Waals surface area contributed by atoms with E-state index in [1.165, 1.54) is 75.6 Å². The standard InChI is InChI=1S/C47H58N6O14/c1-12-29-21-34(33(22-36(29)61-11)32-19-20-35(41(55)49-23-28-13-14-28)51-38(32)43(57)64-27(7)66-46(60)62-25(4)5)40(54)50-31-17-15-30(16-18-31)39(48)53-44(58)65-26(6)63-42(56)37(24(2)3)52-45(59)67-47(8,9)10/h12,15-22,24-28,37H,1,13-14,23H2,2-11H3,(H,49,55)(H,50,54)(H,52,59)(H2,48,53,58)/t26?,27?,37-/m0/s1. The van der Waals surface area contributed by atoms with Gasteiger partial charge in [-0.3, -0.25) is 20.3 Å². The lowest BCUT2D eigenvalue weighted by molar-refractivity contribution is -0.168. The van der Waals surface area contributed by atoms with Gasteiger partial charge in [-0.1, -0.05) is 26.5 Å². The van der Waals surface area contributed by atoms with Crippen molar-refractivity contribution in [1.29, 1.82) is 5.41 Å². The molecule has 2 aromatic carbocycles. The Kier molecular flexibility index (Phi) is 18.0. The summed E-state index contributed by atoms with van der Waals surface area (Å²) < 4.78 is 36.6. The Balaban J connectivity index is 1.53. The molecule has 1 saturated carbocycles. The molecule has 4 amide bonds. The summed E-state index contributed by atoms with van der Waals surface area (Å²) in [6.07, 6.45) is -2.96. The summed E-state index contributed by atoms with van der Waals surface area (Å²) in [6.45, 7) is 18.4. The fourth-order valence-corrected chi connectivity index (χ4v) is 6.00. The van der Waals surface area contributed by atoms with Gasteiger partial charge in [-0.25, -0.2) is 29.0 Å². The van der Waals surface area contributed by atoms with Crippen molar-refractivity contribution in [3.63, 3.8) is 0 Å². The number of rotatable bonds is 18. The number of nitrogens with one attached hydrogen (secondary N) is 5. The van der Waals surface area contributed by atoms with Crippen LogP contribution in [0.1, 0.15) is 118 Å². The second kappa shape index (κ2) is 23.1. The minimum atomic E-state index is -1.45. The third-order valence-electron chi connectivity index (χ3n) is 9.37. The van der Waals surface area contributed by atoms with E-state index in [9.17, 15) is 33.6 Å². The molecule has 0 spiro atoms. The topological polar surface area (TPSA) is 269 Å². The van der Waals surface area contributed by atoms with Crippen LogP contribution in [0.2, 0.25) is 0 Å². The maximum absolute atomic E-state index is 14.2. The lowest BCUT2D eigenvalue weighted by Crippen LogP contribution is -2.48. The molecule has 3 atom stereocenters. The highest BCUT2D eigenvalue weighted by Gasteiger charge is 2.31. The van der Waals surface area contributed by atoms with Crippen LogP contribution in [0.4, 0.5) is 20.1 Å². The Morgan fingerprint density at radius 2 is 1.48 bits per heavy atom. The summed E-state index contributed by atoms with van der Waals surface area (Å²) in [5.41, 5.74) is -0.222. The summed E-state index contributed by atoms with van der Waals surface area (Å²) >= 11 is 0. The van der Waals surface area contributed by atoms with Crippen LogP contribution in [-0.2, 0) is 33.2 Å². The molecule has 2 unspecified atom stereocenters. The summed E-state index contributed by atoms with van der Waals surface area (Å²) in [4.78, 5) is 95.5. The first-order valence-electron chi connectivity index (χ1n) is 21.4. The van der Waals surface area contributed by atoms with Crippen LogP contribution in [0.5, 0.6) is 5.75 Å². The van der Waals surface area contributed by atoms with Crippen molar-refractivity contribution in [1.82, 2.24) is 20.9 Å². The van der Waals surface area contributed by atoms with Crippen molar-refractivity contribution in [3.8, 4) is 16.9 Å². The Bertz CT molecular complexity index is 2350. The number of alkyl carbamates (subject to hydrolysis) is 2. The number of esters is 2. The number of aromatic nitrogens is 1. The average molecular weight is 931 g/mol. The maximum atomic E-state index is 14.2. The number of amides is 4. The zero-order valence-corrected chi connectivity index (χ0v) is 39.2. The van der Waals surface area contributed by atoms with Crippen molar-refractivity contribution in [3.05, 3.63) is 83.2 Å². The smallest absolute Gasteiger partial charge is 0.496 e. The molecule has 5 N–H and O–H groups in total. The summed E-state index contributed by atoms with van der Waals surface area (Å²) in [7, 11) is 1.40. The van der Waals surface area contributed by atoms with E-state index in [1.54, 1.807) is 48.5 Å². The first kappa shape index (κ1) is 52.1. The lowest BCUT2D eigenvalue weighted by Gasteiger charge is -2.25. The largest absolute Gasteiger partial charge is 0.511 e. The van der Waals surface area contributed by atoms with Crippen LogP contribution in [0.3, 0.4) is 0 Å². The predicted octanol–water partition coefficient (Wildman–Crippen LogP) is 7.35. The summed E-state index contributed by atoms with van der Waals surface area (Å²) in [5.74, 6) is -3.35. The number of ether oxygens (including phenoxy) is 7. The fourth-order valence-electron chi connectivity index (χ4n) is 6.00. The SMILES string of the molecule is C=Cc1cc(C(=O)Nc2ccc(C(=N)NC(=O)OC(C)OC(=O)[C@@H](NC(=O)OC(C)(C)C)C(C)C)cc2)c(-c2ccc(C(=O)NCC3CC3)nc2C(=O)OC(C)OC(=O)OC(C)C)cc1OC. The van der Waals surface area contributed by atoms with Crippen LogP contribution >= 0.6 is 0 Å². The molecule has 3 aromatic rings. The number of nitrogens with zero attached hydrogens (tertiary/aromatic N) is 1. The molecule has 20 nitrogen and oxygen atoms in total. The average Bonchev–Trinajstić information content (AvgIpc) is 4.07. The number of anilines is 1. The molecule has 0 radical (unpaired) electrons. The van der Waals surface area contributed by atoms with Gasteiger partial charge in [0.25, 0.3) is 11.8 Å². The molecule has 1 fully saturated rings. The third-order valence-corrected chi connectivity index (χ3v) is 9.37. The highest BCUT2D eigenvalue weighted by atomic mass is 16.8. The van der Waals surface area contributed by atoms with Gasteiger partial charge in [0.1, 0.15) is 28.9 Å². The molecule has 0 saturated heterocycles. The molecule has 0 aliphatic heterocycles. The minimum Gasteiger partial charge on any atom is -0.496 e. The van der Waals surface area contributed by atoms with E-state index in [-0.39, 0.29) is 45.1 Å². The number of pyridine rings is 1. The van der Waals surface area contributed by atoms with Crippen molar-refractivity contribution in [2.75, 3.05) is 19.0 Å². The molecule has 4 rings (SSSR count). The van der Waals surface area contributed by atoms with Crippen molar-refractivity contribution < 1.29 is 66.7 Å². The van der Waals surface area contributed by atoms with Gasteiger partial charge in [0.2, 0.25) is 12.6 Å². The van der Waals surface area contributed by atoms with E-state index in [4.69, 9.17) is 38.6 Å². The van der Waals surface area contributed by atoms with Gasteiger partial charge < -0.3 is 49.1 Å². The van der Waals surface area contributed by atoms with E-state index in [1.807, 2.05) is 0 Å². The van der Waals surface area contributed by atoms with Crippen LogP contribution in [0.15, 0.2) is 55.1 Å². The quantitative estimate of drug-likeness (QED) is 0.0274. The monoisotopic (exact) mass is 930 g/mol. The molecule has 67 heavy (non-hydrogen) atoms. The molecular formula is C47H58N6O14. The van der Waals surface area contributed by atoms with Gasteiger partial charge in [0.15, 0.2) is 5.69 Å². The number of methoxy groups -OCH3 is 1. The van der Waals surface area contributed by atoms with Gasteiger partial charge in [0, 0.05) is 53.9 Å². The first-order chi connectivity index (χ1) is 31.5. The van der Waals surface area contributed by atoms with Gasteiger partial charge in [-0.2, -0.15) is 0 Å². The summed E-state index contributed by atoms with van der Waals surface area (Å²) in [5, 5.41) is 18.7. The second-order valence-corrected chi connectivity index (χ2v) is 16.9. The Hall–Kier alpha value is -7.51. The second-order valence-electron chi connectivity index (χ2n) is 16.9. The zero-order valence-electron chi connectivity index (χ0n) is 39.2.